The molecule has 0 radical (unpaired) electrons. The number of nitrogens with one attached hydrogen (secondary N) is 1. The predicted octanol–water partition coefficient (Wildman–Crippen LogP) is 4.46. The Morgan fingerprint density at radius 3 is 2.69 bits per heavy atom. The fourth-order valence-electron chi connectivity index (χ4n) is 2.78. The van der Waals surface area contributed by atoms with Crippen LogP contribution < -0.4 is 10.1 Å². The summed E-state index contributed by atoms with van der Waals surface area (Å²) in [5, 5.41) is 3.22. The van der Waals surface area contributed by atoms with Gasteiger partial charge in [0.05, 0.1) is 18.4 Å². The number of alkyl halides is 2. The number of furan rings is 1. The second-order valence-corrected chi connectivity index (χ2v) is 6.43. The van der Waals surface area contributed by atoms with Crippen molar-refractivity contribution in [2.75, 3.05) is 5.32 Å². The lowest BCUT2D eigenvalue weighted by Crippen LogP contribution is -2.30. The highest BCUT2D eigenvalue weighted by Gasteiger charge is 2.21. The van der Waals surface area contributed by atoms with Crippen LogP contribution in [-0.2, 0) is 20.7 Å². The van der Waals surface area contributed by atoms with Crippen LogP contribution in [0.4, 0.5) is 14.5 Å². The number of anilines is 1. The molecule has 8 heteroatoms. The highest BCUT2D eigenvalue weighted by atomic mass is 19.3. The highest BCUT2D eigenvalue weighted by molar-refractivity contribution is 5.96. The molecule has 0 aliphatic heterocycles. The van der Waals surface area contributed by atoms with E-state index in [1.54, 1.807) is 6.07 Å². The van der Waals surface area contributed by atoms with Crippen LogP contribution in [0.5, 0.6) is 5.75 Å². The van der Waals surface area contributed by atoms with Crippen LogP contribution >= 0.6 is 0 Å². The largest absolute Gasteiger partial charge is 0.464 e. The summed E-state index contributed by atoms with van der Waals surface area (Å²) in [5.41, 5.74) is 2.39. The Hall–Kier alpha value is -3.42. The first kappa shape index (κ1) is 20.3. The number of carbonyl (C=O) groups is 2. The molecule has 0 saturated carbocycles. The quantitative estimate of drug-likeness (QED) is 0.590. The van der Waals surface area contributed by atoms with Crippen LogP contribution in [-0.4, -0.2) is 24.6 Å². The summed E-state index contributed by atoms with van der Waals surface area (Å²) in [6, 6.07) is 11.4. The summed E-state index contributed by atoms with van der Waals surface area (Å²) in [7, 11) is 0. The van der Waals surface area contributed by atoms with Crippen molar-refractivity contribution in [3.63, 3.8) is 0 Å². The second-order valence-electron chi connectivity index (χ2n) is 6.43. The number of carbonyl (C=O) groups excluding carboxylic acids is 2. The van der Waals surface area contributed by atoms with E-state index in [-0.39, 0.29) is 17.9 Å². The zero-order valence-corrected chi connectivity index (χ0v) is 15.8. The molecule has 6 nitrogen and oxygen atoms in total. The molecule has 2 aromatic carbocycles. The van der Waals surface area contributed by atoms with Crippen LogP contribution in [0, 0.1) is 6.92 Å². The SMILES string of the molecule is Cc1ccc2c(CC(=O)O[C@H](C)C(=O)Nc3ccccc3OC(F)F)coc2c1. The van der Waals surface area contributed by atoms with E-state index in [9.17, 15) is 18.4 Å². The van der Waals surface area contributed by atoms with E-state index in [2.05, 4.69) is 10.1 Å². The van der Waals surface area contributed by atoms with E-state index in [4.69, 9.17) is 9.15 Å². The number of rotatable bonds is 7. The summed E-state index contributed by atoms with van der Waals surface area (Å²) in [6.45, 7) is 0.290. The number of para-hydroxylation sites is 2. The van der Waals surface area contributed by atoms with Crippen molar-refractivity contribution in [1.29, 1.82) is 0 Å². The van der Waals surface area contributed by atoms with E-state index < -0.39 is 24.6 Å². The number of halogens is 2. The minimum absolute atomic E-state index is 0.0527. The molecular formula is C21H19F2NO5. The Morgan fingerprint density at radius 2 is 1.93 bits per heavy atom. The number of benzene rings is 2. The Bertz CT molecular complexity index is 1030. The Balaban J connectivity index is 1.61. The van der Waals surface area contributed by atoms with Crippen LogP contribution in [0.2, 0.25) is 0 Å². The average molecular weight is 403 g/mol. The summed E-state index contributed by atoms with van der Waals surface area (Å²) < 4.78 is 39.9. The fraction of sp³-hybridized carbons (Fsp3) is 0.238. The van der Waals surface area contributed by atoms with Gasteiger partial charge in [-0.1, -0.05) is 24.3 Å². The van der Waals surface area contributed by atoms with Gasteiger partial charge in [0.1, 0.15) is 11.3 Å². The summed E-state index contributed by atoms with van der Waals surface area (Å²) in [5.74, 6) is -1.47. The third kappa shape index (κ3) is 5.10. The Kier molecular flexibility index (Phi) is 6.11. The van der Waals surface area contributed by atoms with E-state index in [0.717, 1.165) is 10.9 Å². The standard InChI is InChI=1S/C21H19F2NO5/c1-12-7-8-15-14(11-27-18(15)9-12)10-19(25)28-13(2)20(26)24-16-5-3-4-6-17(16)29-21(22)23/h3-9,11,13,21H,10H2,1-2H3,(H,24,26)/t13-/m1/s1. The molecule has 1 atom stereocenters. The number of hydrogen-bond acceptors (Lipinski definition) is 5. The molecule has 0 aliphatic carbocycles. The zero-order valence-electron chi connectivity index (χ0n) is 15.8. The molecule has 0 aliphatic rings. The van der Waals surface area contributed by atoms with Gasteiger partial charge in [-0.05, 0) is 37.6 Å². The molecule has 1 heterocycles. The highest BCUT2D eigenvalue weighted by Crippen LogP contribution is 2.26. The number of aryl methyl sites for hydroxylation is 1. The molecule has 29 heavy (non-hydrogen) atoms. The van der Waals surface area contributed by atoms with Crippen molar-refractivity contribution in [1.82, 2.24) is 0 Å². The minimum atomic E-state index is -3.03. The molecule has 3 rings (SSSR count). The van der Waals surface area contributed by atoms with Gasteiger partial charge < -0.3 is 19.2 Å². The molecular weight excluding hydrogens is 384 g/mol. The molecule has 1 amide bonds. The number of amides is 1. The van der Waals surface area contributed by atoms with Crippen molar-refractivity contribution in [2.45, 2.75) is 33.0 Å². The third-order valence-corrected chi connectivity index (χ3v) is 4.18. The van der Waals surface area contributed by atoms with Crippen LogP contribution in [0.3, 0.4) is 0 Å². The summed E-state index contributed by atoms with van der Waals surface area (Å²) in [4.78, 5) is 24.5. The fourth-order valence-corrected chi connectivity index (χ4v) is 2.78. The van der Waals surface area contributed by atoms with Gasteiger partial charge >= 0.3 is 12.6 Å². The van der Waals surface area contributed by atoms with Gasteiger partial charge in [0.2, 0.25) is 0 Å². The van der Waals surface area contributed by atoms with E-state index in [0.29, 0.717) is 11.1 Å². The molecule has 1 N–H and O–H groups in total. The molecule has 0 fully saturated rings. The van der Waals surface area contributed by atoms with Crippen molar-refractivity contribution in [2.24, 2.45) is 0 Å². The Labute approximate surface area is 165 Å². The van der Waals surface area contributed by atoms with Gasteiger partial charge in [0.25, 0.3) is 5.91 Å². The van der Waals surface area contributed by atoms with Gasteiger partial charge in [0, 0.05) is 10.9 Å². The van der Waals surface area contributed by atoms with Gasteiger partial charge in [-0.15, -0.1) is 0 Å². The average Bonchev–Trinajstić information content (AvgIpc) is 3.04. The lowest BCUT2D eigenvalue weighted by atomic mass is 10.1. The van der Waals surface area contributed by atoms with Crippen LogP contribution in [0.25, 0.3) is 11.0 Å². The minimum Gasteiger partial charge on any atom is -0.464 e. The molecule has 0 spiro atoms. The second kappa shape index (κ2) is 8.72. The van der Waals surface area contributed by atoms with E-state index >= 15 is 0 Å². The van der Waals surface area contributed by atoms with Gasteiger partial charge in [0.15, 0.2) is 6.10 Å². The summed E-state index contributed by atoms with van der Waals surface area (Å²) in [6.07, 6.45) is 0.273. The lowest BCUT2D eigenvalue weighted by molar-refractivity contribution is -0.152. The molecule has 0 bridgehead atoms. The molecule has 0 unspecified atom stereocenters. The molecule has 1 aromatic heterocycles. The predicted molar refractivity (Wildman–Crippen MR) is 102 cm³/mol. The normalized spacial score (nSPS) is 12.0. The number of fused-ring (bicyclic) bond motifs is 1. The van der Waals surface area contributed by atoms with E-state index in [1.807, 2.05) is 25.1 Å². The maximum absolute atomic E-state index is 12.5. The van der Waals surface area contributed by atoms with Gasteiger partial charge in [-0.25, -0.2) is 0 Å². The maximum Gasteiger partial charge on any atom is 0.387 e. The first-order chi connectivity index (χ1) is 13.8. The number of esters is 1. The smallest absolute Gasteiger partial charge is 0.387 e. The first-order valence-corrected chi connectivity index (χ1v) is 8.84. The van der Waals surface area contributed by atoms with Crippen molar-refractivity contribution >= 4 is 28.5 Å². The molecule has 152 valence electrons. The van der Waals surface area contributed by atoms with Crippen molar-refractivity contribution in [3.8, 4) is 5.75 Å². The zero-order chi connectivity index (χ0) is 21.0. The van der Waals surface area contributed by atoms with Crippen LogP contribution in [0.1, 0.15) is 18.1 Å². The van der Waals surface area contributed by atoms with Crippen molar-refractivity contribution < 1.29 is 32.3 Å². The van der Waals surface area contributed by atoms with Gasteiger partial charge in [-0.2, -0.15) is 8.78 Å². The van der Waals surface area contributed by atoms with E-state index in [1.165, 1.54) is 31.4 Å². The number of hydrogen-bond donors (Lipinski definition) is 1. The molecule has 3 aromatic rings. The first-order valence-electron chi connectivity index (χ1n) is 8.84. The number of ether oxygens (including phenoxy) is 2. The monoisotopic (exact) mass is 403 g/mol. The topological polar surface area (TPSA) is 77.8 Å². The third-order valence-electron chi connectivity index (χ3n) is 4.18. The lowest BCUT2D eigenvalue weighted by Gasteiger charge is -2.15. The maximum atomic E-state index is 12.5. The van der Waals surface area contributed by atoms with Gasteiger partial charge in [-0.3, -0.25) is 9.59 Å². The molecule has 0 saturated heterocycles. The van der Waals surface area contributed by atoms with Crippen molar-refractivity contribution in [3.05, 3.63) is 59.9 Å². The Morgan fingerprint density at radius 1 is 1.17 bits per heavy atom. The summed E-state index contributed by atoms with van der Waals surface area (Å²) >= 11 is 0. The van der Waals surface area contributed by atoms with Crippen LogP contribution in [0.15, 0.2) is 53.1 Å².